The van der Waals surface area contributed by atoms with Crippen LogP contribution in [0.4, 0.5) is 19.0 Å². The van der Waals surface area contributed by atoms with Crippen LogP contribution in [-0.2, 0) is 16.8 Å². The minimum atomic E-state index is -1.17. The van der Waals surface area contributed by atoms with Crippen molar-refractivity contribution in [1.82, 2.24) is 20.5 Å². The highest BCUT2D eigenvalue weighted by Crippen LogP contribution is 2.31. The van der Waals surface area contributed by atoms with Crippen molar-refractivity contribution < 1.29 is 18.0 Å². The van der Waals surface area contributed by atoms with Crippen molar-refractivity contribution in [3.63, 3.8) is 0 Å². The van der Waals surface area contributed by atoms with Crippen LogP contribution in [0, 0.1) is 11.6 Å². The summed E-state index contributed by atoms with van der Waals surface area (Å²) in [5.41, 5.74) is 0.537. The summed E-state index contributed by atoms with van der Waals surface area (Å²) in [6, 6.07) is 10.5. The molecule has 0 saturated heterocycles. The summed E-state index contributed by atoms with van der Waals surface area (Å²) in [6.45, 7) is 5.00. The molecular formula is C24H26F3N5O. The zero-order valence-corrected chi connectivity index (χ0v) is 18.7. The molecule has 3 rings (SSSR count). The molecule has 0 aliphatic heterocycles. The molecule has 0 aliphatic rings. The Bertz CT molecular complexity index is 1110. The molecule has 2 N–H and O–H groups in total. The number of carbonyl (C=O) groups excluding carboxylic acids is 1. The first-order valence-corrected chi connectivity index (χ1v) is 10.5. The van der Waals surface area contributed by atoms with Crippen LogP contribution in [0.25, 0.3) is 11.3 Å². The number of rotatable bonds is 9. The number of amides is 1. The number of alkyl halides is 1. The first-order valence-electron chi connectivity index (χ1n) is 10.5. The van der Waals surface area contributed by atoms with E-state index in [-0.39, 0.29) is 36.7 Å². The number of hydrogen-bond acceptors (Lipinski definition) is 5. The molecule has 174 valence electrons. The second kappa shape index (κ2) is 10.4. The summed E-state index contributed by atoms with van der Waals surface area (Å²) in [5, 5.41) is 13.9. The number of anilines is 1. The quantitative estimate of drug-likeness (QED) is 0.492. The maximum absolute atomic E-state index is 14.4. The molecule has 33 heavy (non-hydrogen) atoms. The molecule has 0 unspecified atom stereocenters. The predicted molar refractivity (Wildman–Crippen MR) is 120 cm³/mol. The number of pyridine rings is 1. The van der Waals surface area contributed by atoms with E-state index in [1.807, 2.05) is 0 Å². The van der Waals surface area contributed by atoms with Gasteiger partial charge in [0.15, 0.2) is 0 Å². The van der Waals surface area contributed by atoms with Gasteiger partial charge in [-0.3, -0.25) is 9.78 Å². The third-order valence-corrected chi connectivity index (χ3v) is 5.23. The fourth-order valence-electron chi connectivity index (χ4n) is 3.66. The largest absolute Gasteiger partial charge is 0.368 e. The van der Waals surface area contributed by atoms with Crippen LogP contribution in [0.15, 0.2) is 48.7 Å². The van der Waals surface area contributed by atoms with Crippen LogP contribution in [0.3, 0.4) is 0 Å². The SMILES string of the molecule is CC(=O)NCc1ccc(F)c(-c2ccc(NC[C@](C)(C[C@H](C)F)c3ncccc3F)nn2)c1. The van der Waals surface area contributed by atoms with Crippen molar-refractivity contribution in [2.45, 2.75) is 45.3 Å². The average Bonchev–Trinajstić information content (AvgIpc) is 2.77. The van der Waals surface area contributed by atoms with Crippen molar-refractivity contribution in [3.8, 4) is 11.3 Å². The standard InChI is InChI=1S/C24H26F3N5O/c1-15(25)12-24(3,23-20(27)5-4-10-28-23)14-30-22-9-8-21(31-32-22)18-11-17(6-7-19(18)26)13-29-16(2)33/h4-11,15H,12-14H2,1-3H3,(H,29,33)(H,30,32)/t15-,24-/m0/s1. The van der Waals surface area contributed by atoms with Gasteiger partial charge in [-0.25, -0.2) is 13.2 Å². The molecule has 1 amide bonds. The van der Waals surface area contributed by atoms with E-state index >= 15 is 0 Å². The highest BCUT2D eigenvalue weighted by Gasteiger charge is 2.33. The van der Waals surface area contributed by atoms with Gasteiger partial charge >= 0.3 is 0 Å². The molecule has 0 radical (unpaired) electrons. The van der Waals surface area contributed by atoms with E-state index in [4.69, 9.17) is 0 Å². The van der Waals surface area contributed by atoms with Gasteiger partial charge in [0.1, 0.15) is 17.5 Å². The van der Waals surface area contributed by atoms with Crippen LogP contribution < -0.4 is 10.6 Å². The minimum absolute atomic E-state index is 0.0613. The lowest BCUT2D eigenvalue weighted by Crippen LogP contribution is -2.35. The first kappa shape index (κ1) is 24.2. The summed E-state index contributed by atoms with van der Waals surface area (Å²) in [7, 11) is 0. The van der Waals surface area contributed by atoms with Gasteiger partial charge in [-0.15, -0.1) is 10.2 Å². The molecule has 6 nitrogen and oxygen atoms in total. The summed E-state index contributed by atoms with van der Waals surface area (Å²) in [4.78, 5) is 15.2. The van der Waals surface area contributed by atoms with Gasteiger partial charge in [-0.2, -0.15) is 0 Å². The Balaban J connectivity index is 1.77. The van der Waals surface area contributed by atoms with Crippen LogP contribution in [0.1, 0.15) is 38.4 Å². The number of benzene rings is 1. The second-order valence-corrected chi connectivity index (χ2v) is 8.26. The Labute approximate surface area is 190 Å². The monoisotopic (exact) mass is 457 g/mol. The Hall–Kier alpha value is -3.49. The van der Waals surface area contributed by atoms with E-state index in [1.54, 1.807) is 31.2 Å². The van der Waals surface area contributed by atoms with Crippen molar-refractivity contribution in [3.05, 3.63) is 71.6 Å². The summed E-state index contributed by atoms with van der Waals surface area (Å²) in [6.07, 6.45) is 0.369. The number of hydrogen-bond donors (Lipinski definition) is 2. The average molecular weight is 458 g/mol. The van der Waals surface area contributed by atoms with Gasteiger partial charge in [0.05, 0.1) is 17.6 Å². The molecule has 2 heterocycles. The summed E-state index contributed by atoms with van der Waals surface area (Å²) < 4.78 is 42.6. The van der Waals surface area contributed by atoms with Gasteiger partial charge < -0.3 is 10.6 Å². The highest BCUT2D eigenvalue weighted by molar-refractivity contribution is 5.73. The number of aromatic nitrogens is 3. The van der Waals surface area contributed by atoms with Gasteiger partial charge in [0.2, 0.25) is 5.91 Å². The fraction of sp³-hybridized carbons (Fsp3) is 0.333. The molecule has 3 aromatic rings. The van der Waals surface area contributed by atoms with Crippen LogP contribution in [-0.4, -0.2) is 33.8 Å². The molecule has 0 bridgehead atoms. The zero-order valence-electron chi connectivity index (χ0n) is 18.7. The lowest BCUT2D eigenvalue weighted by molar-refractivity contribution is -0.119. The summed E-state index contributed by atoms with van der Waals surface area (Å²) in [5.74, 6) is -0.774. The number of carbonyl (C=O) groups is 1. The molecule has 2 aromatic heterocycles. The minimum Gasteiger partial charge on any atom is -0.368 e. The van der Waals surface area contributed by atoms with Crippen molar-refractivity contribution >= 4 is 11.7 Å². The van der Waals surface area contributed by atoms with Crippen LogP contribution in [0.2, 0.25) is 0 Å². The second-order valence-electron chi connectivity index (χ2n) is 8.26. The predicted octanol–water partition coefficient (Wildman–Crippen LogP) is 4.57. The number of halogens is 3. The van der Waals surface area contributed by atoms with Crippen molar-refractivity contribution in [2.75, 3.05) is 11.9 Å². The maximum atomic E-state index is 14.4. The Morgan fingerprint density at radius 1 is 1.12 bits per heavy atom. The van der Waals surface area contributed by atoms with Crippen LogP contribution >= 0.6 is 0 Å². The molecule has 1 aromatic carbocycles. The van der Waals surface area contributed by atoms with E-state index in [0.29, 0.717) is 11.5 Å². The van der Waals surface area contributed by atoms with Crippen molar-refractivity contribution in [1.29, 1.82) is 0 Å². The maximum Gasteiger partial charge on any atom is 0.217 e. The van der Waals surface area contributed by atoms with Gasteiger partial charge in [-0.05, 0) is 55.3 Å². The van der Waals surface area contributed by atoms with Crippen LogP contribution in [0.5, 0.6) is 0 Å². The third kappa shape index (κ3) is 6.27. The van der Waals surface area contributed by atoms with Gasteiger partial charge in [0, 0.05) is 37.2 Å². The first-order chi connectivity index (χ1) is 15.7. The molecule has 9 heteroatoms. The fourth-order valence-corrected chi connectivity index (χ4v) is 3.66. The van der Waals surface area contributed by atoms with E-state index < -0.39 is 23.2 Å². The Morgan fingerprint density at radius 3 is 2.55 bits per heavy atom. The Morgan fingerprint density at radius 2 is 1.91 bits per heavy atom. The van der Waals surface area contributed by atoms with Gasteiger partial charge in [-0.1, -0.05) is 13.0 Å². The smallest absolute Gasteiger partial charge is 0.217 e. The molecule has 2 atom stereocenters. The molecule has 0 aliphatic carbocycles. The lowest BCUT2D eigenvalue weighted by Gasteiger charge is -2.30. The Kier molecular flexibility index (Phi) is 7.63. The summed E-state index contributed by atoms with van der Waals surface area (Å²) >= 11 is 0. The van der Waals surface area contributed by atoms with E-state index in [2.05, 4.69) is 25.8 Å². The lowest BCUT2D eigenvalue weighted by atomic mass is 9.81. The zero-order chi connectivity index (χ0) is 24.0. The molecule has 0 saturated carbocycles. The normalized spacial score (nSPS) is 13.8. The number of nitrogens with one attached hydrogen (secondary N) is 2. The topological polar surface area (TPSA) is 79.8 Å². The molecule has 0 spiro atoms. The highest BCUT2D eigenvalue weighted by atomic mass is 19.1. The number of nitrogens with zero attached hydrogens (tertiary/aromatic N) is 3. The van der Waals surface area contributed by atoms with Gasteiger partial charge in [0.25, 0.3) is 0 Å². The molecular weight excluding hydrogens is 431 g/mol. The van der Waals surface area contributed by atoms with Crippen molar-refractivity contribution in [2.24, 2.45) is 0 Å². The molecule has 0 fully saturated rings. The van der Waals surface area contributed by atoms with E-state index in [9.17, 15) is 18.0 Å². The van der Waals surface area contributed by atoms with E-state index in [1.165, 1.54) is 38.2 Å². The van der Waals surface area contributed by atoms with E-state index in [0.717, 1.165) is 5.56 Å². The third-order valence-electron chi connectivity index (χ3n) is 5.23.